The fraction of sp³-hybridized carbons (Fsp3) is 0.286. The van der Waals surface area contributed by atoms with Crippen molar-refractivity contribution in [1.29, 1.82) is 0 Å². The minimum absolute atomic E-state index is 0.191. The summed E-state index contributed by atoms with van der Waals surface area (Å²) in [6.45, 7) is 4.16. The van der Waals surface area contributed by atoms with Crippen molar-refractivity contribution in [2.75, 3.05) is 31.1 Å². The first-order valence-corrected chi connectivity index (χ1v) is 9.14. The standard InChI is InChI=1S/C21H20F3N3O/c22-21(23,24)28-18-8-5-16(6-9-18)15-26-11-13-27(14-12-26)20-10-7-17-3-1-2-4-19(17)25-20/h1-10H,11-15H2. The quantitative estimate of drug-likeness (QED) is 0.661. The van der Waals surface area contributed by atoms with Gasteiger partial charge in [-0.05, 0) is 35.9 Å². The van der Waals surface area contributed by atoms with Crippen LogP contribution in [-0.2, 0) is 6.54 Å². The summed E-state index contributed by atoms with van der Waals surface area (Å²) < 4.78 is 40.6. The summed E-state index contributed by atoms with van der Waals surface area (Å²) in [4.78, 5) is 9.30. The van der Waals surface area contributed by atoms with Gasteiger partial charge in [-0.2, -0.15) is 0 Å². The zero-order valence-corrected chi connectivity index (χ0v) is 15.2. The number of anilines is 1. The lowest BCUT2D eigenvalue weighted by molar-refractivity contribution is -0.274. The van der Waals surface area contributed by atoms with Crippen molar-refractivity contribution >= 4 is 16.7 Å². The number of halogens is 3. The van der Waals surface area contributed by atoms with Gasteiger partial charge in [-0.3, -0.25) is 4.90 Å². The van der Waals surface area contributed by atoms with Crippen molar-refractivity contribution in [2.24, 2.45) is 0 Å². The van der Waals surface area contributed by atoms with E-state index in [9.17, 15) is 13.2 Å². The van der Waals surface area contributed by atoms with Gasteiger partial charge in [0.05, 0.1) is 5.52 Å². The lowest BCUT2D eigenvalue weighted by Gasteiger charge is -2.35. The number of alkyl halides is 3. The van der Waals surface area contributed by atoms with Crippen LogP contribution in [-0.4, -0.2) is 42.4 Å². The van der Waals surface area contributed by atoms with E-state index in [1.807, 2.05) is 18.2 Å². The number of aromatic nitrogens is 1. The van der Waals surface area contributed by atoms with Gasteiger partial charge in [-0.1, -0.05) is 30.3 Å². The second-order valence-corrected chi connectivity index (χ2v) is 6.82. The first-order chi connectivity index (χ1) is 13.5. The van der Waals surface area contributed by atoms with Crippen LogP contribution in [0.5, 0.6) is 5.75 Å². The van der Waals surface area contributed by atoms with Gasteiger partial charge in [0, 0.05) is 38.1 Å². The van der Waals surface area contributed by atoms with E-state index < -0.39 is 6.36 Å². The second-order valence-electron chi connectivity index (χ2n) is 6.82. The zero-order valence-electron chi connectivity index (χ0n) is 15.2. The third-order valence-corrected chi connectivity index (χ3v) is 4.84. The summed E-state index contributed by atoms with van der Waals surface area (Å²) in [7, 11) is 0. The highest BCUT2D eigenvalue weighted by atomic mass is 19.4. The smallest absolute Gasteiger partial charge is 0.406 e. The number of benzene rings is 2. The molecule has 4 rings (SSSR count). The van der Waals surface area contributed by atoms with E-state index in [0.717, 1.165) is 48.5 Å². The maximum atomic E-state index is 12.2. The summed E-state index contributed by atoms with van der Waals surface area (Å²) in [5.74, 6) is 0.787. The van der Waals surface area contributed by atoms with E-state index in [2.05, 4.69) is 32.7 Å². The third kappa shape index (κ3) is 4.54. The molecule has 0 amide bonds. The van der Waals surface area contributed by atoms with E-state index in [1.165, 1.54) is 12.1 Å². The molecule has 1 aliphatic rings. The second kappa shape index (κ2) is 7.67. The number of rotatable bonds is 4. The predicted octanol–water partition coefficient (Wildman–Crippen LogP) is 4.46. The molecule has 0 unspecified atom stereocenters. The Bertz CT molecular complexity index is 936. The van der Waals surface area contributed by atoms with Crippen molar-refractivity contribution in [2.45, 2.75) is 12.9 Å². The van der Waals surface area contributed by atoms with Gasteiger partial charge in [-0.25, -0.2) is 4.98 Å². The summed E-state index contributed by atoms with van der Waals surface area (Å²) in [5.41, 5.74) is 1.95. The highest BCUT2D eigenvalue weighted by Gasteiger charge is 2.31. The van der Waals surface area contributed by atoms with Crippen molar-refractivity contribution in [3.63, 3.8) is 0 Å². The lowest BCUT2D eigenvalue weighted by Crippen LogP contribution is -2.46. The van der Waals surface area contributed by atoms with Crippen LogP contribution in [0, 0.1) is 0 Å². The lowest BCUT2D eigenvalue weighted by atomic mass is 10.2. The van der Waals surface area contributed by atoms with Gasteiger partial charge in [0.2, 0.25) is 0 Å². The predicted molar refractivity (Wildman–Crippen MR) is 102 cm³/mol. The molecule has 1 aliphatic heterocycles. The van der Waals surface area contributed by atoms with Gasteiger partial charge >= 0.3 is 6.36 Å². The molecule has 1 fully saturated rings. The Balaban J connectivity index is 1.33. The Morgan fingerprint density at radius 1 is 0.857 bits per heavy atom. The van der Waals surface area contributed by atoms with Gasteiger partial charge in [-0.15, -0.1) is 13.2 Å². The number of fused-ring (bicyclic) bond motifs is 1. The molecule has 7 heteroatoms. The minimum atomic E-state index is -4.66. The Hall–Kier alpha value is -2.80. The molecule has 0 saturated carbocycles. The number of hydrogen-bond donors (Lipinski definition) is 0. The Labute approximate surface area is 161 Å². The molecule has 146 valence electrons. The molecule has 0 radical (unpaired) electrons. The molecule has 28 heavy (non-hydrogen) atoms. The van der Waals surface area contributed by atoms with E-state index in [0.29, 0.717) is 6.54 Å². The molecular weight excluding hydrogens is 367 g/mol. The van der Waals surface area contributed by atoms with Crippen LogP contribution in [0.15, 0.2) is 60.7 Å². The molecular formula is C21H20F3N3O. The van der Waals surface area contributed by atoms with Crippen molar-refractivity contribution in [3.05, 3.63) is 66.2 Å². The van der Waals surface area contributed by atoms with E-state index in [-0.39, 0.29) is 5.75 Å². The normalized spacial score (nSPS) is 15.8. The maximum Gasteiger partial charge on any atom is 0.573 e. The molecule has 0 spiro atoms. The Morgan fingerprint density at radius 3 is 2.29 bits per heavy atom. The first-order valence-electron chi connectivity index (χ1n) is 9.14. The number of piperazine rings is 1. The minimum Gasteiger partial charge on any atom is -0.406 e. The molecule has 2 aromatic carbocycles. The zero-order chi connectivity index (χ0) is 19.6. The molecule has 1 saturated heterocycles. The number of ether oxygens (including phenoxy) is 1. The number of para-hydroxylation sites is 1. The van der Waals surface area contributed by atoms with Crippen LogP contribution in [0.2, 0.25) is 0 Å². The number of hydrogen-bond acceptors (Lipinski definition) is 4. The SMILES string of the molecule is FC(F)(F)Oc1ccc(CN2CCN(c3ccc4ccccc4n3)CC2)cc1. The fourth-order valence-corrected chi connectivity index (χ4v) is 3.42. The van der Waals surface area contributed by atoms with Crippen LogP contribution < -0.4 is 9.64 Å². The average Bonchev–Trinajstić information content (AvgIpc) is 2.69. The van der Waals surface area contributed by atoms with Crippen LogP contribution in [0.4, 0.5) is 19.0 Å². The highest BCUT2D eigenvalue weighted by molar-refractivity contribution is 5.80. The molecule has 4 nitrogen and oxygen atoms in total. The van der Waals surface area contributed by atoms with Gasteiger partial charge in [0.1, 0.15) is 11.6 Å². The third-order valence-electron chi connectivity index (χ3n) is 4.84. The molecule has 2 heterocycles. The maximum absolute atomic E-state index is 12.2. The van der Waals surface area contributed by atoms with Crippen LogP contribution in [0.3, 0.4) is 0 Å². The summed E-state index contributed by atoms with van der Waals surface area (Å²) >= 11 is 0. The van der Waals surface area contributed by atoms with Gasteiger partial charge in [0.15, 0.2) is 0 Å². The van der Waals surface area contributed by atoms with E-state index in [1.54, 1.807) is 12.1 Å². The molecule has 0 N–H and O–H groups in total. The van der Waals surface area contributed by atoms with Crippen molar-refractivity contribution < 1.29 is 17.9 Å². The number of nitrogens with zero attached hydrogens (tertiary/aromatic N) is 3. The topological polar surface area (TPSA) is 28.6 Å². The summed E-state index contributed by atoms with van der Waals surface area (Å²) in [5, 5.41) is 1.13. The van der Waals surface area contributed by atoms with Crippen molar-refractivity contribution in [3.8, 4) is 5.75 Å². The van der Waals surface area contributed by atoms with Crippen LogP contribution in [0.1, 0.15) is 5.56 Å². The largest absolute Gasteiger partial charge is 0.573 e. The molecule has 3 aromatic rings. The molecule has 0 aliphatic carbocycles. The number of pyridine rings is 1. The molecule has 0 atom stereocenters. The van der Waals surface area contributed by atoms with Crippen LogP contribution in [0.25, 0.3) is 10.9 Å². The summed E-state index contributed by atoms with van der Waals surface area (Å²) in [6.07, 6.45) is -4.66. The summed E-state index contributed by atoms with van der Waals surface area (Å²) in [6, 6.07) is 18.3. The monoisotopic (exact) mass is 387 g/mol. The average molecular weight is 387 g/mol. The fourth-order valence-electron chi connectivity index (χ4n) is 3.42. The van der Waals surface area contributed by atoms with Crippen molar-refractivity contribution in [1.82, 2.24) is 9.88 Å². The highest BCUT2D eigenvalue weighted by Crippen LogP contribution is 2.24. The van der Waals surface area contributed by atoms with Crippen LogP contribution >= 0.6 is 0 Å². The van der Waals surface area contributed by atoms with E-state index >= 15 is 0 Å². The molecule has 1 aromatic heterocycles. The Kier molecular flexibility index (Phi) is 5.09. The van der Waals surface area contributed by atoms with E-state index in [4.69, 9.17) is 4.98 Å². The van der Waals surface area contributed by atoms with Gasteiger partial charge < -0.3 is 9.64 Å². The molecule has 0 bridgehead atoms. The van der Waals surface area contributed by atoms with Gasteiger partial charge in [0.25, 0.3) is 0 Å². The Morgan fingerprint density at radius 2 is 1.57 bits per heavy atom. The first kappa shape index (κ1) is 18.6.